The summed E-state index contributed by atoms with van der Waals surface area (Å²) in [6, 6.07) is 6.27. The molecular formula is C19H21N3O4S2. The average Bonchev–Trinajstić information content (AvgIpc) is 3.21. The van der Waals surface area contributed by atoms with Gasteiger partial charge >= 0.3 is 0 Å². The smallest absolute Gasteiger partial charge is 0.276 e. The molecule has 28 heavy (non-hydrogen) atoms. The largest absolute Gasteiger partial charge is 0.326 e. The SMILES string of the molecule is O=C1Cc2cc(S(=O)(=O)NNC(=O)c3cc4c(s3)CCCCCC4)ccc2N1. The van der Waals surface area contributed by atoms with Crippen molar-refractivity contribution < 1.29 is 18.0 Å². The first-order valence-electron chi connectivity index (χ1n) is 9.29. The molecular weight excluding hydrogens is 398 g/mol. The van der Waals surface area contributed by atoms with E-state index in [2.05, 4.69) is 15.6 Å². The van der Waals surface area contributed by atoms with E-state index in [-0.39, 0.29) is 17.2 Å². The Balaban J connectivity index is 1.45. The maximum Gasteiger partial charge on any atom is 0.276 e. The molecule has 4 rings (SSSR count). The monoisotopic (exact) mass is 419 g/mol. The minimum atomic E-state index is -3.93. The van der Waals surface area contributed by atoms with Gasteiger partial charge in [-0.3, -0.25) is 15.0 Å². The fraction of sp³-hybridized carbons (Fsp3) is 0.368. The highest BCUT2D eigenvalue weighted by Crippen LogP contribution is 2.29. The Bertz CT molecular complexity index is 1020. The number of thiophene rings is 1. The fourth-order valence-electron chi connectivity index (χ4n) is 3.56. The zero-order chi connectivity index (χ0) is 19.7. The number of rotatable bonds is 4. The van der Waals surface area contributed by atoms with Crippen LogP contribution in [-0.4, -0.2) is 20.2 Å². The predicted octanol–water partition coefficient (Wildman–Crippen LogP) is 2.53. The van der Waals surface area contributed by atoms with Crippen molar-refractivity contribution in [1.82, 2.24) is 10.3 Å². The molecule has 0 unspecified atom stereocenters. The summed E-state index contributed by atoms with van der Waals surface area (Å²) in [7, 11) is -3.93. The molecule has 1 aliphatic heterocycles. The number of carbonyl (C=O) groups excluding carboxylic acids is 2. The topological polar surface area (TPSA) is 104 Å². The second-order valence-electron chi connectivity index (χ2n) is 7.08. The number of sulfonamides is 1. The molecule has 3 N–H and O–H groups in total. The highest BCUT2D eigenvalue weighted by atomic mass is 32.2. The summed E-state index contributed by atoms with van der Waals surface area (Å²) in [5.74, 6) is -0.627. The van der Waals surface area contributed by atoms with Gasteiger partial charge in [-0.15, -0.1) is 16.2 Å². The lowest BCUT2D eigenvalue weighted by Gasteiger charge is -2.09. The van der Waals surface area contributed by atoms with Gasteiger partial charge in [-0.1, -0.05) is 12.8 Å². The van der Waals surface area contributed by atoms with Gasteiger partial charge in [0.25, 0.3) is 15.9 Å². The van der Waals surface area contributed by atoms with Crippen molar-refractivity contribution >= 4 is 38.9 Å². The molecule has 148 valence electrons. The number of hydrazine groups is 1. The first-order chi connectivity index (χ1) is 13.4. The average molecular weight is 420 g/mol. The maximum atomic E-state index is 12.5. The Morgan fingerprint density at radius 2 is 1.82 bits per heavy atom. The molecule has 7 nitrogen and oxygen atoms in total. The van der Waals surface area contributed by atoms with Crippen LogP contribution in [0.4, 0.5) is 5.69 Å². The molecule has 2 aliphatic rings. The second-order valence-corrected chi connectivity index (χ2v) is 9.90. The van der Waals surface area contributed by atoms with Gasteiger partial charge in [-0.2, -0.15) is 0 Å². The minimum absolute atomic E-state index is 0.00139. The lowest BCUT2D eigenvalue weighted by Crippen LogP contribution is -2.41. The van der Waals surface area contributed by atoms with Gasteiger partial charge in [0.15, 0.2) is 0 Å². The van der Waals surface area contributed by atoms with Crippen molar-refractivity contribution in [2.45, 2.75) is 49.8 Å². The van der Waals surface area contributed by atoms with Crippen molar-refractivity contribution in [3.8, 4) is 0 Å². The molecule has 0 saturated carbocycles. The molecule has 2 aromatic rings. The number of benzene rings is 1. The van der Waals surface area contributed by atoms with E-state index in [4.69, 9.17) is 0 Å². The molecule has 0 spiro atoms. The van der Waals surface area contributed by atoms with Gasteiger partial charge in [0, 0.05) is 10.6 Å². The van der Waals surface area contributed by atoms with Gasteiger partial charge in [-0.25, -0.2) is 8.42 Å². The Kier molecular flexibility index (Phi) is 5.22. The van der Waals surface area contributed by atoms with Crippen LogP contribution in [0.3, 0.4) is 0 Å². The number of hydrogen-bond acceptors (Lipinski definition) is 5. The van der Waals surface area contributed by atoms with E-state index in [1.54, 1.807) is 6.07 Å². The summed E-state index contributed by atoms with van der Waals surface area (Å²) in [6.07, 6.45) is 6.74. The van der Waals surface area contributed by atoms with Crippen LogP contribution in [0.25, 0.3) is 0 Å². The lowest BCUT2D eigenvalue weighted by atomic mass is 10.00. The number of amides is 2. The second kappa shape index (κ2) is 7.65. The van der Waals surface area contributed by atoms with Crippen LogP contribution in [0.15, 0.2) is 29.2 Å². The summed E-state index contributed by atoms with van der Waals surface area (Å²) in [4.78, 5) is 27.8. The zero-order valence-corrected chi connectivity index (χ0v) is 16.8. The van der Waals surface area contributed by atoms with Gasteiger partial charge in [0.1, 0.15) is 0 Å². The Hall–Kier alpha value is -2.23. The highest BCUT2D eigenvalue weighted by Gasteiger charge is 2.23. The van der Waals surface area contributed by atoms with Crippen molar-refractivity contribution in [3.63, 3.8) is 0 Å². The third-order valence-electron chi connectivity index (χ3n) is 5.03. The molecule has 0 atom stereocenters. The number of aryl methyl sites for hydroxylation is 2. The zero-order valence-electron chi connectivity index (χ0n) is 15.2. The Morgan fingerprint density at radius 1 is 1.04 bits per heavy atom. The van der Waals surface area contributed by atoms with E-state index in [9.17, 15) is 18.0 Å². The lowest BCUT2D eigenvalue weighted by molar-refractivity contribution is -0.115. The van der Waals surface area contributed by atoms with Crippen molar-refractivity contribution in [3.05, 3.63) is 45.1 Å². The summed E-state index contributed by atoms with van der Waals surface area (Å²) < 4.78 is 25.0. The molecule has 9 heteroatoms. The summed E-state index contributed by atoms with van der Waals surface area (Å²) >= 11 is 1.44. The normalized spacial score (nSPS) is 16.5. The predicted molar refractivity (Wildman–Crippen MR) is 107 cm³/mol. The highest BCUT2D eigenvalue weighted by molar-refractivity contribution is 7.89. The van der Waals surface area contributed by atoms with Crippen LogP contribution in [0.1, 0.15) is 51.4 Å². The number of hydrogen-bond donors (Lipinski definition) is 3. The van der Waals surface area contributed by atoms with Gasteiger partial charge in [-0.05, 0) is 61.1 Å². The van der Waals surface area contributed by atoms with E-state index in [1.807, 2.05) is 6.07 Å². The molecule has 0 bridgehead atoms. The summed E-state index contributed by atoms with van der Waals surface area (Å²) in [6.45, 7) is 0. The van der Waals surface area contributed by atoms with E-state index >= 15 is 0 Å². The Labute approximate surface area is 167 Å². The van der Waals surface area contributed by atoms with Crippen molar-refractivity contribution in [1.29, 1.82) is 0 Å². The van der Waals surface area contributed by atoms with Crippen LogP contribution in [0.5, 0.6) is 0 Å². The van der Waals surface area contributed by atoms with Crippen LogP contribution >= 0.6 is 11.3 Å². The van der Waals surface area contributed by atoms with E-state index < -0.39 is 15.9 Å². The fourth-order valence-corrected chi connectivity index (χ4v) is 5.60. The van der Waals surface area contributed by atoms with Crippen molar-refractivity contribution in [2.75, 3.05) is 5.32 Å². The van der Waals surface area contributed by atoms with E-state index in [0.717, 1.165) is 25.7 Å². The van der Waals surface area contributed by atoms with Gasteiger partial charge in [0.2, 0.25) is 5.91 Å². The van der Waals surface area contributed by atoms with Crippen LogP contribution < -0.4 is 15.6 Å². The van der Waals surface area contributed by atoms with E-state index in [1.165, 1.54) is 46.8 Å². The van der Waals surface area contributed by atoms with Gasteiger partial charge in [0.05, 0.1) is 16.2 Å². The quantitative estimate of drug-likeness (QED) is 0.663. The molecule has 1 aromatic carbocycles. The first-order valence-corrected chi connectivity index (χ1v) is 11.6. The molecule has 1 aromatic heterocycles. The van der Waals surface area contributed by atoms with Crippen LogP contribution in [0.2, 0.25) is 0 Å². The number of anilines is 1. The molecule has 0 radical (unpaired) electrons. The Morgan fingerprint density at radius 3 is 2.64 bits per heavy atom. The molecule has 2 heterocycles. The molecule has 0 saturated heterocycles. The van der Waals surface area contributed by atoms with Crippen molar-refractivity contribution in [2.24, 2.45) is 0 Å². The standard InChI is InChI=1S/C19H21N3O4S2/c23-18-11-13-9-14(7-8-15(13)20-18)28(25,26)22-21-19(24)17-10-12-5-3-1-2-4-6-16(12)27-17/h7-10,22H,1-6,11H2,(H,20,23)(H,21,24). The summed E-state index contributed by atoms with van der Waals surface area (Å²) in [5.41, 5.74) is 4.75. The minimum Gasteiger partial charge on any atom is -0.326 e. The van der Waals surface area contributed by atoms with Crippen LogP contribution in [0, 0.1) is 0 Å². The van der Waals surface area contributed by atoms with E-state index in [0.29, 0.717) is 16.1 Å². The number of carbonyl (C=O) groups is 2. The first kappa shape index (κ1) is 19.1. The van der Waals surface area contributed by atoms with Crippen LogP contribution in [-0.2, 0) is 34.1 Å². The maximum absolute atomic E-state index is 12.5. The number of nitrogens with one attached hydrogen (secondary N) is 3. The third-order valence-corrected chi connectivity index (χ3v) is 7.51. The molecule has 0 fully saturated rings. The van der Waals surface area contributed by atoms with Gasteiger partial charge < -0.3 is 5.32 Å². The third kappa shape index (κ3) is 3.96. The molecule has 1 aliphatic carbocycles. The molecule has 2 amide bonds. The summed E-state index contributed by atoms with van der Waals surface area (Å²) in [5, 5.41) is 2.66. The number of fused-ring (bicyclic) bond motifs is 2.